The Labute approximate surface area is 118 Å². The van der Waals surface area contributed by atoms with Gasteiger partial charge < -0.3 is 10.2 Å². The van der Waals surface area contributed by atoms with Gasteiger partial charge in [-0.25, -0.2) is 0 Å². The van der Waals surface area contributed by atoms with E-state index in [9.17, 15) is 4.79 Å². The SMILES string of the molecule is CC1NCCCN(CC2CSc3ccccc32)C1=O. The van der Waals surface area contributed by atoms with Gasteiger partial charge in [-0.3, -0.25) is 4.79 Å². The number of thioether (sulfide) groups is 1. The van der Waals surface area contributed by atoms with Crippen molar-refractivity contribution < 1.29 is 4.79 Å². The maximum Gasteiger partial charge on any atom is 0.239 e. The predicted octanol–water partition coefficient (Wildman–Crippen LogP) is 2.09. The van der Waals surface area contributed by atoms with Crippen molar-refractivity contribution in [1.82, 2.24) is 10.2 Å². The molecule has 0 bridgehead atoms. The second kappa shape index (κ2) is 5.55. The highest BCUT2D eigenvalue weighted by molar-refractivity contribution is 7.99. The van der Waals surface area contributed by atoms with Gasteiger partial charge in [0.15, 0.2) is 0 Å². The van der Waals surface area contributed by atoms with Gasteiger partial charge in [0, 0.05) is 29.7 Å². The summed E-state index contributed by atoms with van der Waals surface area (Å²) in [6, 6.07) is 8.56. The number of amides is 1. The molecule has 0 spiro atoms. The van der Waals surface area contributed by atoms with Crippen molar-refractivity contribution in [2.24, 2.45) is 0 Å². The van der Waals surface area contributed by atoms with Crippen LogP contribution in [0.2, 0.25) is 0 Å². The quantitative estimate of drug-likeness (QED) is 0.897. The molecule has 0 aliphatic carbocycles. The molecule has 2 unspecified atom stereocenters. The molecule has 1 N–H and O–H groups in total. The van der Waals surface area contributed by atoms with Gasteiger partial charge in [-0.05, 0) is 31.5 Å². The van der Waals surface area contributed by atoms with Crippen LogP contribution in [-0.4, -0.2) is 42.2 Å². The van der Waals surface area contributed by atoms with Crippen LogP contribution in [0.1, 0.15) is 24.8 Å². The molecule has 0 saturated carbocycles. The number of nitrogens with one attached hydrogen (secondary N) is 1. The third-order valence-corrected chi connectivity index (χ3v) is 5.23. The van der Waals surface area contributed by atoms with Crippen molar-refractivity contribution in [3.63, 3.8) is 0 Å². The lowest BCUT2D eigenvalue weighted by Crippen LogP contribution is -2.43. The molecule has 4 heteroatoms. The first kappa shape index (κ1) is 13.0. The van der Waals surface area contributed by atoms with Crippen LogP contribution in [0.5, 0.6) is 0 Å². The van der Waals surface area contributed by atoms with Gasteiger partial charge in [0.2, 0.25) is 5.91 Å². The monoisotopic (exact) mass is 276 g/mol. The summed E-state index contributed by atoms with van der Waals surface area (Å²) in [7, 11) is 0. The van der Waals surface area contributed by atoms with E-state index in [-0.39, 0.29) is 11.9 Å². The van der Waals surface area contributed by atoms with Crippen molar-refractivity contribution in [3.8, 4) is 0 Å². The largest absolute Gasteiger partial charge is 0.341 e. The number of benzene rings is 1. The summed E-state index contributed by atoms with van der Waals surface area (Å²) >= 11 is 1.92. The number of fused-ring (bicyclic) bond motifs is 1. The Morgan fingerprint density at radius 1 is 1.42 bits per heavy atom. The van der Waals surface area contributed by atoms with E-state index >= 15 is 0 Å². The highest BCUT2D eigenvalue weighted by Crippen LogP contribution is 2.39. The highest BCUT2D eigenvalue weighted by Gasteiger charge is 2.29. The maximum atomic E-state index is 12.3. The Hall–Kier alpha value is -1.00. The third-order valence-electron chi connectivity index (χ3n) is 3.98. The van der Waals surface area contributed by atoms with E-state index < -0.39 is 0 Å². The maximum absolute atomic E-state index is 12.3. The first-order valence-corrected chi connectivity index (χ1v) is 7.98. The van der Waals surface area contributed by atoms with Crippen molar-refractivity contribution in [2.75, 3.05) is 25.4 Å². The number of carbonyl (C=O) groups excluding carboxylic acids is 1. The topological polar surface area (TPSA) is 32.3 Å². The average Bonchev–Trinajstić information content (AvgIpc) is 2.77. The van der Waals surface area contributed by atoms with Crippen LogP contribution in [0.4, 0.5) is 0 Å². The van der Waals surface area contributed by atoms with E-state index in [1.807, 2.05) is 18.7 Å². The molecule has 2 heterocycles. The van der Waals surface area contributed by atoms with Crippen LogP contribution < -0.4 is 5.32 Å². The van der Waals surface area contributed by atoms with E-state index in [1.165, 1.54) is 10.5 Å². The van der Waals surface area contributed by atoms with Gasteiger partial charge in [0.1, 0.15) is 0 Å². The minimum Gasteiger partial charge on any atom is -0.341 e. The third kappa shape index (κ3) is 2.65. The van der Waals surface area contributed by atoms with Crippen LogP contribution >= 0.6 is 11.8 Å². The number of rotatable bonds is 2. The Bertz CT molecular complexity index is 477. The summed E-state index contributed by atoms with van der Waals surface area (Å²) in [5.41, 5.74) is 1.42. The molecule has 1 amide bonds. The Kier molecular flexibility index (Phi) is 3.80. The zero-order valence-electron chi connectivity index (χ0n) is 11.3. The Morgan fingerprint density at radius 3 is 3.16 bits per heavy atom. The zero-order valence-corrected chi connectivity index (χ0v) is 12.1. The van der Waals surface area contributed by atoms with Gasteiger partial charge in [-0.1, -0.05) is 18.2 Å². The molecule has 2 atom stereocenters. The highest BCUT2D eigenvalue weighted by atomic mass is 32.2. The fourth-order valence-corrected chi connectivity index (χ4v) is 4.13. The first-order chi connectivity index (χ1) is 9.25. The van der Waals surface area contributed by atoms with Crippen molar-refractivity contribution in [1.29, 1.82) is 0 Å². The molecule has 1 fully saturated rings. The summed E-state index contributed by atoms with van der Waals surface area (Å²) in [4.78, 5) is 15.7. The van der Waals surface area contributed by atoms with E-state index in [2.05, 4.69) is 34.5 Å². The fourth-order valence-electron chi connectivity index (χ4n) is 2.89. The second-order valence-electron chi connectivity index (χ2n) is 5.36. The van der Waals surface area contributed by atoms with Crippen LogP contribution in [0.3, 0.4) is 0 Å². The van der Waals surface area contributed by atoms with Gasteiger partial charge in [0.25, 0.3) is 0 Å². The van der Waals surface area contributed by atoms with Gasteiger partial charge in [-0.15, -0.1) is 11.8 Å². The van der Waals surface area contributed by atoms with Gasteiger partial charge in [0.05, 0.1) is 6.04 Å². The number of nitrogens with zero attached hydrogens (tertiary/aromatic N) is 1. The number of hydrogen-bond acceptors (Lipinski definition) is 3. The molecule has 3 nitrogen and oxygen atoms in total. The van der Waals surface area contributed by atoms with Gasteiger partial charge >= 0.3 is 0 Å². The van der Waals surface area contributed by atoms with E-state index in [0.717, 1.165) is 31.8 Å². The second-order valence-corrected chi connectivity index (χ2v) is 6.42. The van der Waals surface area contributed by atoms with Gasteiger partial charge in [-0.2, -0.15) is 0 Å². The molecule has 0 aromatic heterocycles. The number of hydrogen-bond donors (Lipinski definition) is 1. The lowest BCUT2D eigenvalue weighted by atomic mass is 10.0. The molecule has 2 aliphatic rings. The minimum absolute atomic E-state index is 0.0354. The molecule has 1 aromatic carbocycles. The molecular formula is C15H20N2OS. The lowest BCUT2D eigenvalue weighted by Gasteiger charge is -2.26. The summed E-state index contributed by atoms with van der Waals surface area (Å²) in [5, 5.41) is 3.27. The van der Waals surface area contributed by atoms with Crippen molar-refractivity contribution >= 4 is 17.7 Å². The molecule has 1 aromatic rings. The number of carbonyl (C=O) groups is 1. The Balaban J connectivity index is 1.73. The standard InChI is InChI=1S/C15H20N2OS/c1-11-15(18)17(8-4-7-16-11)9-12-10-19-14-6-3-2-5-13(12)14/h2-3,5-6,11-12,16H,4,7-10H2,1H3. The van der Waals surface area contributed by atoms with Crippen molar-refractivity contribution in [3.05, 3.63) is 29.8 Å². The minimum atomic E-state index is -0.0354. The molecule has 102 valence electrons. The van der Waals surface area contributed by atoms with Crippen LogP contribution in [0.15, 0.2) is 29.2 Å². The average molecular weight is 276 g/mol. The summed E-state index contributed by atoms with van der Waals surface area (Å²) in [5.74, 6) is 1.85. The Morgan fingerprint density at radius 2 is 2.26 bits per heavy atom. The fraction of sp³-hybridized carbons (Fsp3) is 0.533. The molecule has 19 heavy (non-hydrogen) atoms. The normalized spacial score (nSPS) is 27.2. The lowest BCUT2D eigenvalue weighted by molar-refractivity contribution is -0.132. The van der Waals surface area contributed by atoms with Crippen LogP contribution in [0.25, 0.3) is 0 Å². The summed E-state index contributed by atoms with van der Waals surface area (Å²) in [6.45, 7) is 4.67. The van der Waals surface area contributed by atoms with Crippen molar-refractivity contribution in [2.45, 2.75) is 30.2 Å². The van der Waals surface area contributed by atoms with Crippen LogP contribution in [0, 0.1) is 0 Å². The van der Waals surface area contributed by atoms with Crippen LogP contribution in [-0.2, 0) is 4.79 Å². The summed E-state index contributed by atoms with van der Waals surface area (Å²) in [6.07, 6.45) is 1.05. The predicted molar refractivity (Wildman–Crippen MR) is 78.6 cm³/mol. The molecule has 0 radical (unpaired) electrons. The van der Waals surface area contributed by atoms with E-state index in [0.29, 0.717) is 5.92 Å². The summed E-state index contributed by atoms with van der Waals surface area (Å²) < 4.78 is 0. The molecule has 1 saturated heterocycles. The smallest absolute Gasteiger partial charge is 0.239 e. The van der Waals surface area contributed by atoms with E-state index in [4.69, 9.17) is 0 Å². The zero-order chi connectivity index (χ0) is 13.2. The first-order valence-electron chi connectivity index (χ1n) is 6.99. The molecule has 3 rings (SSSR count). The molecular weight excluding hydrogens is 256 g/mol. The van der Waals surface area contributed by atoms with E-state index in [1.54, 1.807) is 0 Å². The molecule has 2 aliphatic heterocycles.